The third-order valence-electron chi connectivity index (χ3n) is 6.19. The third-order valence-corrected chi connectivity index (χ3v) is 6.19. The highest BCUT2D eigenvalue weighted by Crippen LogP contribution is 2.65. The molecular weight excluding hydrogens is 278 g/mol. The van der Waals surface area contributed by atoms with E-state index in [0.29, 0.717) is 11.0 Å². The standard InChI is InChI=1S/C18H27NO3/c1-12(2)17(21)22-9-7-16(20)19-11-18-8-6-13(10-18)14-4-3-5-15(14)18/h13-15H,1,3-11H2,2H3,(H,19,20). The number of hydrogen-bond donors (Lipinski definition) is 1. The summed E-state index contributed by atoms with van der Waals surface area (Å²) in [6, 6.07) is 0. The first-order valence-corrected chi connectivity index (χ1v) is 8.61. The minimum atomic E-state index is -0.422. The molecule has 1 amide bonds. The van der Waals surface area contributed by atoms with Crippen molar-refractivity contribution in [3.63, 3.8) is 0 Å². The number of nitrogens with one attached hydrogen (secondary N) is 1. The van der Waals surface area contributed by atoms with Crippen molar-refractivity contribution in [1.82, 2.24) is 5.32 Å². The lowest BCUT2D eigenvalue weighted by molar-refractivity contribution is -0.139. The summed E-state index contributed by atoms with van der Waals surface area (Å²) in [4.78, 5) is 23.3. The SMILES string of the molecule is C=C(C)C(=O)OCCC(=O)NCC12CCC(C1)C1CCCC12. The van der Waals surface area contributed by atoms with Gasteiger partial charge in [0.25, 0.3) is 0 Å². The third kappa shape index (κ3) is 2.80. The molecule has 0 aromatic rings. The lowest BCUT2D eigenvalue weighted by atomic mass is 9.71. The first-order valence-electron chi connectivity index (χ1n) is 8.61. The summed E-state index contributed by atoms with van der Waals surface area (Å²) in [5.74, 6) is 2.26. The largest absolute Gasteiger partial charge is 0.462 e. The number of esters is 1. The van der Waals surface area contributed by atoms with Crippen LogP contribution in [-0.2, 0) is 14.3 Å². The van der Waals surface area contributed by atoms with Gasteiger partial charge in [0.2, 0.25) is 5.91 Å². The Morgan fingerprint density at radius 3 is 2.91 bits per heavy atom. The fourth-order valence-corrected chi connectivity index (χ4v) is 5.23. The van der Waals surface area contributed by atoms with Gasteiger partial charge in [0.15, 0.2) is 0 Å². The molecule has 4 unspecified atom stereocenters. The van der Waals surface area contributed by atoms with Gasteiger partial charge in [-0.25, -0.2) is 4.79 Å². The van der Waals surface area contributed by atoms with Gasteiger partial charge in [-0.3, -0.25) is 4.79 Å². The molecular formula is C18H27NO3. The number of ether oxygens (including phenoxy) is 1. The van der Waals surface area contributed by atoms with Gasteiger partial charge in [-0.05, 0) is 62.2 Å². The maximum absolute atomic E-state index is 12.0. The fraction of sp³-hybridized carbons (Fsp3) is 0.778. The highest BCUT2D eigenvalue weighted by atomic mass is 16.5. The zero-order valence-corrected chi connectivity index (χ0v) is 13.5. The fourth-order valence-electron chi connectivity index (χ4n) is 5.23. The van der Waals surface area contributed by atoms with Gasteiger partial charge >= 0.3 is 5.97 Å². The van der Waals surface area contributed by atoms with Crippen LogP contribution >= 0.6 is 0 Å². The van der Waals surface area contributed by atoms with E-state index >= 15 is 0 Å². The van der Waals surface area contributed by atoms with Crippen LogP contribution in [0.4, 0.5) is 0 Å². The van der Waals surface area contributed by atoms with E-state index in [4.69, 9.17) is 4.74 Å². The number of rotatable bonds is 6. The predicted molar refractivity (Wildman–Crippen MR) is 84.0 cm³/mol. The van der Waals surface area contributed by atoms with Crippen LogP contribution in [0.1, 0.15) is 51.9 Å². The second-order valence-electron chi connectivity index (χ2n) is 7.51. The molecule has 0 radical (unpaired) electrons. The van der Waals surface area contributed by atoms with E-state index < -0.39 is 5.97 Å². The van der Waals surface area contributed by atoms with E-state index in [1.807, 2.05) is 0 Å². The van der Waals surface area contributed by atoms with Crippen molar-refractivity contribution in [2.75, 3.05) is 13.2 Å². The van der Waals surface area contributed by atoms with Crippen LogP contribution in [0.25, 0.3) is 0 Å². The molecule has 4 heteroatoms. The van der Waals surface area contributed by atoms with Crippen molar-refractivity contribution in [3.05, 3.63) is 12.2 Å². The summed E-state index contributed by atoms with van der Waals surface area (Å²) in [6.07, 6.45) is 8.32. The molecule has 0 heterocycles. The van der Waals surface area contributed by atoms with Crippen molar-refractivity contribution in [2.24, 2.45) is 23.2 Å². The minimum absolute atomic E-state index is 0.00575. The average Bonchev–Trinajstić information content (AvgIpc) is 3.17. The summed E-state index contributed by atoms with van der Waals surface area (Å²) in [5, 5.41) is 3.11. The van der Waals surface area contributed by atoms with Crippen molar-refractivity contribution in [1.29, 1.82) is 0 Å². The Morgan fingerprint density at radius 1 is 1.32 bits per heavy atom. The van der Waals surface area contributed by atoms with Crippen LogP contribution < -0.4 is 5.32 Å². The van der Waals surface area contributed by atoms with E-state index in [1.165, 1.54) is 38.5 Å². The first kappa shape index (κ1) is 15.6. The first-order chi connectivity index (χ1) is 10.5. The topological polar surface area (TPSA) is 55.4 Å². The van der Waals surface area contributed by atoms with Crippen LogP contribution in [0.15, 0.2) is 12.2 Å². The maximum Gasteiger partial charge on any atom is 0.333 e. The van der Waals surface area contributed by atoms with E-state index in [9.17, 15) is 9.59 Å². The molecule has 3 saturated carbocycles. The maximum atomic E-state index is 12.0. The quantitative estimate of drug-likeness (QED) is 0.606. The Kier molecular flexibility index (Phi) is 4.28. The van der Waals surface area contributed by atoms with Crippen molar-refractivity contribution >= 4 is 11.9 Å². The van der Waals surface area contributed by atoms with Gasteiger partial charge in [0, 0.05) is 12.1 Å². The molecule has 0 saturated heterocycles. The zero-order chi connectivity index (χ0) is 15.7. The van der Waals surface area contributed by atoms with Gasteiger partial charge in [0.05, 0.1) is 6.42 Å². The molecule has 0 aliphatic heterocycles. The van der Waals surface area contributed by atoms with Gasteiger partial charge < -0.3 is 10.1 Å². The second-order valence-corrected chi connectivity index (χ2v) is 7.51. The molecule has 22 heavy (non-hydrogen) atoms. The predicted octanol–water partition coefficient (Wildman–Crippen LogP) is 2.83. The number of carbonyl (C=O) groups excluding carboxylic acids is 2. The molecule has 0 aromatic carbocycles. The number of carbonyl (C=O) groups is 2. The summed E-state index contributed by atoms with van der Waals surface area (Å²) < 4.78 is 4.98. The minimum Gasteiger partial charge on any atom is -0.462 e. The summed E-state index contributed by atoms with van der Waals surface area (Å²) in [6.45, 7) is 6.08. The van der Waals surface area contributed by atoms with Gasteiger partial charge in [-0.15, -0.1) is 0 Å². The Balaban J connectivity index is 1.43. The number of fused-ring (bicyclic) bond motifs is 5. The lowest BCUT2D eigenvalue weighted by Crippen LogP contribution is -2.40. The summed E-state index contributed by atoms with van der Waals surface area (Å²) >= 11 is 0. The zero-order valence-electron chi connectivity index (χ0n) is 13.5. The van der Waals surface area contributed by atoms with Crippen molar-refractivity contribution in [2.45, 2.75) is 51.9 Å². The molecule has 3 aliphatic carbocycles. The molecule has 4 atom stereocenters. The molecule has 2 bridgehead atoms. The highest BCUT2D eigenvalue weighted by molar-refractivity contribution is 5.87. The second kappa shape index (κ2) is 6.05. The van der Waals surface area contributed by atoms with Crippen LogP contribution in [0.2, 0.25) is 0 Å². The van der Waals surface area contributed by atoms with Crippen LogP contribution in [0.5, 0.6) is 0 Å². The van der Waals surface area contributed by atoms with Gasteiger partial charge in [-0.2, -0.15) is 0 Å². The molecule has 122 valence electrons. The van der Waals surface area contributed by atoms with E-state index in [0.717, 1.165) is 24.3 Å². The Labute approximate surface area is 132 Å². The van der Waals surface area contributed by atoms with E-state index in [-0.39, 0.29) is 18.9 Å². The van der Waals surface area contributed by atoms with E-state index in [2.05, 4.69) is 11.9 Å². The van der Waals surface area contributed by atoms with Crippen molar-refractivity contribution < 1.29 is 14.3 Å². The number of amides is 1. The molecule has 0 spiro atoms. The van der Waals surface area contributed by atoms with Crippen LogP contribution in [0.3, 0.4) is 0 Å². The molecule has 1 N–H and O–H groups in total. The van der Waals surface area contributed by atoms with Crippen LogP contribution in [-0.4, -0.2) is 25.0 Å². The van der Waals surface area contributed by atoms with Gasteiger partial charge in [0.1, 0.15) is 6.61 Å². The van der Waals surface area contributed by atoms with Gasteiger partial charge in [-0.1, -0.05) is 13.0 Å². The normalized spacial score (nSPS) is 35.2. The number of hydrogen-bond acceptors (Lipinski definition) is 3. The molecule has 3 rings (SSSR count). The Hall–Kier alpha value is -1.32. The van der Waals surface area contributed by atoms with E-state index in [1.54, 1.807) is 6.92 Å². The van der Waals surface area contributed by atoms with Crippen LogP contribution in [0, 0.1) is 23.2 Å². The lowest BCUT2D eigenvalue weighted by Gasteiger charge is -2.36. The molecule has 3 fully saturated rings. The van der Waals surface area contributed by atoms with Crippen molar-refractivity contribution in [3.8, 4) is 0 Å². The molecule has 4 nitrogen and oxygen atoms in total. The summed E-state index contributed by atoms with van der Waals surface area (Å²) in [5.41, 5.74) is 0.741. The Bertz CT molecular complexity index is 487. The highest BCUT2D eigenvalue weighted by Gasteiger charge is 2.58. The monoisotopic (exact) mass is 305 g/mol. The summed E-state index contributed by atoms with van der Waals surface area (Å²) in [7, 11) is 0. The molecule has 0 aromatic heterocycles. The smallest absolute Gasteiger partial charge is 0.333 e. The Morgan fingerprint density at radius 2 is 2.14 bits per heavy atom. The molecule has 3 aliphatic rings. The average molecular weight is 305 g/mol.